The highest BCUT2D eigenvalue weighted by Gasteiger charge is 2.36. The van der Waals surface area contributed by atoms with Crippen molar-refractivity contribution in [1.29, 1.82) is 0 Å². The summed E-state index contributed by atoms with van der Waals surface area (Å²) in [5.74, 6) is 0. The van der Waals surface area contributed by atoms with Gasteiger partial charge in [-0.15, -0.1) is 0 Å². The Hall–Kier alpha value is -2.48. The number of allylic oxidation sites excluding steroid dienone is 2. The van der Waals surface area contributed by atoms with Crippen molar-refractivity contribution < 1.29 is 4.70 Å². The van der Waals surface area contributed by atoms with E-state index in [0.29, 0.717) is 0 Å². The Labute approximate surface area is 342 Å². The van der Waals surface area contributed by atoms with E-state index in [2.05, 4.69) is 79.7 Å². The van der Waals surface area contributed by atoms with E-state index in [-0.39, 0.29) is 0 Å². The van der Waals surface area contributed by atoms with Crippen LogP contribution in [0.3, 0.4) is 0 Å². The topological polar surface area (TPSA) is 25.3 Å². The molecule has 0 aliphatic carbocycles. The van der Waals surface area contributed by atoms with E-state index in [1.807, 2.05) is 0 Å². The SMILES string of the molecule is CCCCCCc1c(CCCC)cc(C2=C(CCCC)C(CCCCC)=C(c3cc(CCCC)c(CCCCCC)c(CCCC)c3)[N+]2=[N-])cc1CCCC. The lowest BCUT2D eigenvalue weighted by atomic mass is 9.86. The third-order valence-electron chi connectivity index (χ3n) is 12.3. The molecule has 2 aromatic carbocycles. The highest BCUT2D eigenvalue weighted by atomic mass is 15.2. The number of aryl methyl sites for hydroxylation is 4. The molecule has 0 radical (unpaired) electrons. The van der Waals surface area contributed by atoms with Crippen LogP contribution in [0.4, 0.5) is 0 Å². The minimum atomic E-state index is 1.03. The lowest BCUT2D eigenvalue weighted by molar-refractivity contribution is -0.345. The van der Waals surface area contributed by atoms with Crippen LogP contribution in [0.15, 0.2) is 35.4 Å². The Bertz CT molecular complexity index is 1430. The first-order valence-electron chi connectivity index (χ1n) is 24.2. The molecule has 0 amide bonds. The molecule has 0 N–H and O–H groups in total. The summed E-state index contributed by atoms with van der Waals surface area (Å²) in [5, 5.41) is 0. The Morgan fingerprint density at radius 3 is 0.927 bits per heavy atom. The summed E-state index contributed by atoms with van der Waals surface area (Å²) in [6, 6.07) is 10.2. The molecular weight excluding hydrogens is 665 g/mol. The molecular formula is C53H86N2. The molecule has 1 heterocycles. The van der Waals surface area contributed by atoms with Crippen LogP contribution >= 0.6 is 0 Å². The van der Waals surface area contributed by atoms with Crippen LogP contribution in [-0.2, 0) is 38.5 Å². The molecule has 0 saturated heterocycles. The van der Waals surface area contributed by atoms with Crippen molar-refractivity contribution in [2.24, 2.45) is 0 Å². The third-order valence-corrected chi connectivity index (χ3v) is 12.3. The van der Waals surface area contributed by atoms with Gasteiger partial charge in [0.1, 0.15) is 0 Å². The van der Waals surface area contributed by atoms with E-state index in [0.717, 1.165) is 62.8 Å². The van der Waals surface area contributed by atoms with Crippen LogP contribution in [0.1, 0.15) is 248 Å². The number of rotatable bonds is 31. The molecule has 1 aliphatic heterocycles. The number of benzene rings is 2. The second kappa shape index (κ2) is 27.2. The second-order valence-electron chi connectivity index (χ2n) is 17.1. The van der Waals surface area contributed by atoms with Crippen LogP contribution in [0.5, 0.6) is 0 Å². The van der Waals surface area contributed by atoms with Crippen molar-refractivity contribution >= 4 is 11.4 Å². The molecule has 2 heteroatoms. The van der Waals surface area contributed by atoms with Gasteiger partial charge in [-0.2, -0.15) is 0 Å². The summed E-state index contributed by atoms with van der Waals surface area (Å²) >= 11 is 0. The molecule has 55 heavy (non-hydrogen) atoms. The van der Waals surface area contributed by atoms with Gasteiger partial charge in [-0.05, 0) is 160 Å². The molecule has 308 valence electrons. The van der Waals surface area contributed by atoms with Crippen molar-refractivity contribution in [2.75, 3.05) is 0 Å². The summed E-state index contributed by atoms with van der Waals surface area (Å²) in [5.41, 5.74) is 29.9. The molecule has 0 aromatic heterocycles. The lowest BCUT2D eigenvalue weighted by Crippen LogP contribution is -2.09. The third kappa shape index (κ3) is 14.1. The Balaban J connectivity index is 2.32. The first kappa shape index (κ1) is 46.9. The van der Waals surface area contributed by atoms with Gasteiger partial charge in [-0.1, -0.05) is 139 Å². The Morgan fingerprint density at radius 1 is 0.327 bits per heavy atom. The summed E-state index contributed by atoms with van der Waals surface area (Å²) < 4.78 is 1.72. The van der Waals surface area contributed by atoms with Crippen molar-refractivity contribution in [1.82, 2.24) is 0 Å². The van der Waals surface area contributed by atoms with Gasteiger partial charge in [-0.25, -0.2) is 4.70 Å². The van der Waals surface area contributed by atoms with Crippen molar-refractivity contribution in [2.45, 2.75) is 242 Å². The number of nitrogens with zero attached hydrogens (tertiary/aromatic N) is 2. The van der Waals surface area contributed by atoms with Crippen LogP contribution < -0.4 is 0 Å². The first-order valence-corrected chi connectivity index (χ1v) is 24.2. The molecule has 0 fully saturated rings. The van der Waals surface area contributed by atoms with Gasteiger partial charge >= 0.3 is 0 Å². The Kier molecular flexibility index (Phi) is 23.2. The maximum Gasteiger partial charge on any atom is 0.211 e. The molecule has 0 spiro atoms. The maximum absolute atomic E-state index is 12.9. The number of hydrogen-bond acceptors (Lipinski definition) is 0. The Morgan fingerprint density at radius 2 is 0.600 bits per heavy atom. The highest BCUT2D eigenvalue weighted by Crippen LogP contribution is 2.46. The van der Waals surface area contributed by atoms with Gasteiger partial charge in [0.05, 0.1) is 0 Å². The largest absolute Gasteiger partial charge is 0.493 e. The van der Waals surface area contributed by atoms with E-state index >= 15 is 0 Å². The fraction of sp³-hybridized carbons (Fsp3) is 0.698. The quantitative estimate of drug-likeness (QED) is 0.0542. The van der Waals surface area contributed by atoms with Crippen molar-refractivity contribution in [3.8, 4) is 0 Å². The lowest BCUT2D eigenvalue weighted by Gasteiger charge is -2.20. The fourth-order valence-corrected chi connectivity index (χ4v) is 9.02. The van der Waals surface area contributed by atoms with Gasteiger partial charge < -0.3 is 5.53 Å². The van der Waals surface area contributed by atoms with Gasteiger partial charge in [0, 0.05) is 22.3 Å². The molecule has 0 bridgehead atoms. The number of hydrogen-bond donors (Lipinski definition) is 0. The van der Waals surface area contributed by atoms with Crippen molar-refractivity contribution in [3.05, 3.63) is 85.5 Å². The standard InChI is InChI=1S/C53H86N2/c1-9-17-25-28-35-48-42(30-20-12-4)38-46(39-43(48)31-21-13-5)52-50(34-24-16-8)51(37-27-19-11-3)53(55(52)54)47-40-44(32-22-14-6)49(36-29-26-18-10-2)45(41-47)33-23-15-7/h38-41H,9-37H2,1-8H3. The van der Waals surface area contributed by atoms with E-state index in [1.54, 1.807) is 38.1 Å². The van der Waals surface area contributed by atoms with Gasteiger partial charge in [0.25, 0.3) is 0 Å². The molecule has 0 atom stereocenters. The highest BCUT2D eigenvalue weighted by molar-refractivity contribution is 5.83. The molecule has 3 rings (SSSR count). The monoisotopic (exact) mass is 751 g/mol. The van der Waals surface area contributed by atoms with Crippen LogP contribution in [0.25, 0.3) is 16.9 Å². The average molecular weight is 751 g/mol. The van der Waals surface area contributed by atoms with Crippen molar-refractivity contribution in [3.63, 3.8) is 0 Å². The van der Waals surface area contributed by atoms with Crippen LogP contribution in [-0.4, -0.2) is 4.70 Å². The summed E-state index contributed by atoms with van der Waals surface area (Å²) in [6.45, 7) is 18.6. The normalized spacial score (nSPS) is 13.3. The predicted molar refractivity (Wildman–Crippen MR) is 244 cm³/mol. The van der Waals surface area contributed by atoms with E-state index in [1.165, 1.54) is 157 Å². The van der Waals surface area contributed by atoms with E-state index in [9.17, 15) is 5.53 Å². The summed E-state index contributed by atoms with van der Waals surface area (Å²) in [7, 11) is 0. The van der Waals surface area contributed by atoms with E-state index in [4.69, 9.17) is 0 Å². The minimum Gasteiger partial charge on any atom is -0.493 e. The zero-order valence-corrected chi connectivity index (χ0v) is 37.7. The first-order chi connectivity index (χ1) is 26.9. The summed E-state index contributed by atoms with van der Waals surface area (Å²) in [4.78, 5) is 0. The van der Waals surface area contributed by atoms with Crippen LogP contribution in [0, 0.1) is 0 Å². The molecule has 2 aromatic rings. The zero-order chi connectivity index (χ0) is 39.8. The van der Waals surface area contributed by atoms with Gasteiger partial charge in [0.2, 0.25) is 11.4 Å². The minimum absolute atomic E-state index is 1.03. The predicted octanol–water partition coefficient (Wildman–Crippen LogP) is 17.2. The van der Waals surface area contributed by atoms with Gasteiger partial charge in [0.15, 0.2) is 0 Å². The fourth-order valence-electron chi connectivity index (χ4n) is 9.02. The molecule has 0 saturated carbocycles. The molecule has 2 nitrogen and oxygen atoms in total. The zero-order valence-electron chi connectivity index (χ0n) is 37.7. The molecule has 1 aliphatic rings. The second-order valence-corrected chi connectivity index (χ2v) is 17.1. The average Bonchev–Trinajstić information content (AvgIpc) is 3.47. The molecule has 0 unspecified atom stereocenters. The van der Waals surface area contributed by atoms with E-state index < -0.39 is 0 Å². The van der Waals surface area contributed by atoms with Crippen LogP contribution in [0.2, 0.25) is 0 Å². The number of unbranched alkanes of at least 4 members (excludes halogenated alkanes) is 13. The summed E-state index contributed by atoms with van der Waals surface area (Å²) in [6.07, 6.45) is 35.1. The van der Waals surface area contributed by atoms with Gasteiger partial charge in [-0.3, -0.25) is 0 Å². The smallest absolute Gasteiger partial charge is 0.211 e. The maximum atomic E-state index is 12.9.